The van der Waals surface area contributed by atoms with E-state index < -0.39 is 11.9 Å². The molecule has 0 bridgehead atoms. The zero-order valence-electron chi connectivity index (χ0n) is 16.7. The summed E-state index contributed by atoms with van der Waals surface area (Å²) in [6.07, 6.45) is 0. The van der Waals surface area contributed by atoms with Gasteiger partial charge in [-0.15, -0.1) is 0 Å². The molecule has 1 N–H and O–H groups in total. The second-order valence-corrected chi connectivity index (χ2v) is 6.10. The van der Waals surface area contributed by atoms with Crippen molar-refractivity contribution >= 4 is 23.3 Å². The van der Waals surface area contributed by atoms with Gasteiger partial charge in [0.25, 0.3) is 5.91 Å². The quantitative estimate of drug-likeness (QED) is 0.666. The lowest BCUT2D eigenvalue weighted by molar-refractivity contribution is -0.119. The number of esters is 1. The molecular weight excluding hydrogens is 360 g/mol. The minimum absolute atomic E-state index is 0.387. The lowest BCUT2D eigenvalue weighted by Gasteiger charge is -2.14. The van der Waals surface area contributed by atoms with Crippen molar-refractivity contribution in [3.63, 3.8) is 0 Å². The third kappa shape index (κ3) is 5.90. The Labute approximate surface area is 165 Å². The summed E-state index contributed by atoms with van der Waals surface area (Å²) < 4.78 is 16.1. The number of hydrogen-bond donors (Lipinski definition) is 1. The fourth-order valence-electron chi connectivity index (χ4n) is 2.45. The molecule has 1 amide bonds. The number of rotatable bonds is 9. The number of nitrogens with zero attached hydrogens (tertiary/aromatic N) is 1. The van der Waals surface area contributed by atoms with E-state index in [0.717, 1.165) is 5.69 Å². The van der Waals surface area contributed by atoms with Crippen molar-refractivity contribution in [3.8, 4) is 11.5 Å². The Morgan fingerprint density at radius 2 is 1.68 bits per heavy atom. The standard InChI is InChI=1S/C21H26N2O5/c1-5-26-18-11-10-16(13-19(18)27-6-2)22-20(24)14-28-21(25)15-8-7-9-17(12-15)23(3)4/h7-13H,5-6,14H2,1-4H3,(H,22,24). The van der Waals surface area contributed by atoms with Crippen LogP contribution in [0.15, 0.2) is 42.5 Å². The van der Waals surface area contributed by atoms with Crippen LogP contribution in [-0.4, -0.2) is 45.8 Å². The fraction of sp³-hybridized carbons (Fsp3) is 0.333. The average Bonchev–Trinajstić information content (AvgIpc) is 2.68. The summed E-state index contributed by atoms with van der Waals surface area (Å²) in [4.78, 5) is 26.2. The topological polar surface area (TPSA) is 77.1 Å². The number of anilines is 2. The molecule has 0 radical (unpaired) electrons. The third-order valence-electron chi connectivity index (χ3n) is 3.76. The van der Waals surface area contributed by atoms with E-state index >= 15 is 0 Å². The van der Waals surface area contributed by atoms with Gasteiger partial charge in [0, 0.05) is 31.5 Å². The van der Waals surface area contributed by atoms with Gasteiger partial charge in [-0.2, -0.15) is 0 Å². The molecule has 0 aliphatic heterocycles. The van der Waals surface area contributed by atoms with Crippen molar-refractivity contribution in [3.05, 3.63) is 48.0 Å². The van der Waals surface area contributed by atoms with Crippen LogP contribution >= 0.6 is 0 Å². The molecule has 0 saturated heterocycles. The lowest BCUT2D eigenvalue weighted by atomic mass is 10.2. The van der Waals surface area contributed by atoms with Gasteiger partial charge in [0.1, 0.15) is 0 Å². The zero-order valence-corrected chi connectivity index (χ0v) is 16.7. The highest BCUT2D eigenvalue weighted by Crippen LogP contribution is 2.30. The highest BCUT2D eigenvalue weighted by Gasteiger charge is 2.13. The third-order valence-corrected chi connectivity index (χ3v) is 3.76. The summed E-state index contributed by atoms with van der Waals surface area (Å²) >= 11 is 0. The molecule has 150 valence electrons. The first kappa shape index (κ1) is 21.1. The molecule has 2 aromatic carbocycles. The molecule has 0 spiro atoms. The van der Waals surface area contributed by atoms with Crippen molar-refractivity contribution in [2.45, 2.75) is 13.8 Å². The van der Waals surface area contributed by atoms with Crippen molar-refractivity contribution < 1.29 is 23.8 Å². The van der Waals surface area contributed by atoms with E-state index in [4.69, 9.17) is 14.2 Å². The molecule has 2 aromatic rings. The molecule has 0 aromatic heterocycles. The monoisotopic (exact) mass is 386 g/mol. The van der Waals surface area contributed by atoms with E-state index in [1.807, 2.05) is 38.9 Å². The molecule has 0 atom stereocenters. The maximum atomic E-state index is 12.2. The van der Waals surface area contributed by atoms with Gasteiger partial charge < -0.3 is 24.4 Å². The molecule has 7 heteroatoms. The van der Waals surface area contributed by atoms with Crippen LogP contribution in [0.3, 0.4) is 0 Å². The maximum absolute atomic E-state index is 12.2. The Kier molecular flexibility index (Phi) is 7.68. The van der Waals surface area contributed by atoms with E-state index in [1.54, 1.807) is 36.4 Å². The first-order valence-electron chi connectivity index (χ1n) is 9.08. The van der Waals surface area contributed by atoms with Gasteiger partial charge in [-0.1, -0.05) is 6.07 Å². The zero-order chi connectivity index (χ0) is 20.5. The van der Waals surface area contributed by atoms with Gasteiger partial charge >= 0.3 is 5.97 Å². The molecule has 0 aliphatic carbocycles. The number of carbonyl (C=O) groups excluding carboxylic acids is 2. The van der Waals surface area contributed by atoms with Crippen LogP contribution in [-0.2, 0) is 9.53 Å². The number of nitrogens with one attached hydrogen (secondary N) is 1. The van der Waals surface area contributed by atoms with Crippen LogP contribution in [0, 0.1) is 0 Å². The van der Waals surface area contributed by atoms with E-state index in [0.29, 0.717) is 36.0 Å². The minimum Gasteiger partial charge on any atom is -0.490 e. The predicted octanol–water partition coefficient (Wildman–Crippen LogP) is 3.35. The van der Waals surface area contributed by atoms with E-state index in [9.17, 15) is 9.59 Å². The Balaban J connectivity index is 1.96. The van der Waals surface area contributed by atoms with Crippen molar-refractivity contribution in [1.82, 2.24) is 0 Å². The van der Waals surface area contributed by atoms with Crippen molar-refractivity contribution in [2.24, 2.45) is 0 Å². The molecule has 7 nitrogen and oxygen atoms in total. The van der Waals surface area contributed by atoms with Gasteiger partial charge in [-0.25, -0.2) is 4.79 Å². The largest absolute Gasteiger partial charge is 0.490 e. The van der Waals surface area contributed by atoms with Gasteiger partial charge in [0.15, 0.2) is 18.1 Å². The van der Waals surface area contributed by atoms with Crippen LogP contribution in [0.25, 0.3) is 0 Å². The fourth-order valence-corrected chi connectivity index (χ4v) is 2.45. The van der Waals surface area contributed by atoms with Crippen LogP contribution in [0.2, 0.25) is 0 Å². The SMILES string of the molecule is CCOc1ccc(NC(=O)COC(=O)c2cccc(N(C)C)c2)cc1OCC. The van der Waals surface area contributed by atoms with Gasteiger partial charge in [0.05, 0.1) is 18.8 Å². The highest BCUT2D eigenvalue weighted by molar-refractivity contribution is 5.96. The Bertz CT molecular complexity index is 820. The molecule has 28 heavy (non-hydrogen) atoms. The normalized spacial score (nSPS) is 10.1. The molecular formula is C21H26N2O5. The van der Waals surface area contributed by atoms with E-state index in [-0.39, 0.29) is 6.61 Å². The molecule has 0 saturated carbocycles. The Morgan fingerprint density at radius 3 is 2.36 bits per heavy atom. The number of amides is 1. The molecule has 2 rings (SSSR count). The second-order valence-electron chi connectivity index (χ2n) is 6.10. The van der Waals surface area contributed by atoms with Crippen LogP contribution < -0.4 is 19.7 Å². The number of hydrogen-bond acceptors (Lipinski definition) is 6. The molecule has 0 unspecified atom stereocenters. The summed E-state index contributed by atoms with van der Waals surface area (Å²) in [6.45, 7) is 4.35. The van der Waals surface area contributed by atoms with Gasteiger partial charge in [0.2, 0.25) is 0 Å². The minimum atomic E-state index is -0.555. The Hall–Kier alpha value is -3.22. The van der Waals surface area contributed by atoms with E-state index in [2.05, 4.69) is 5.32 Å². The molecule has 0 fully saturated rings. The molecule has 0 aliphatic rings. The summed E-state index contributed by atoms with van der Waals surface area (Å²) in [6, 6.07) is 12.1. The lowest BCUT2D eigenvalue weighted by Crippen LogP contribution is -2.21. The van der Waals surface area contributed by atoms with Crippen molar-refractivity contribution in [2.75, 3.05) is 44.1 Å². The summed E-state index contributed by atoms with van der Waals surface area (Å²) in [5.41, 5.74) is 1.79. The van der Waals surface area contributed by atoms with Gasteiger partial charge in [-0.05, 0) is 44.2 Å². The van der Waals surface area contributed by atoms with Crippen LogP contribution in [0.4, 0.5) is 11.4 Å². The number of carbonyl (C=O) groups is 2. The molecule has 0 heterocycles. The number of ether oxygens (including phenoxy) is 3. The van der Waals surface area contributed by atoms with Gasteiger partial charge in [-0.3, -0.25) is 4.79 Å². The summed E-state index contributed by atoms with van der Waals surface area (Å²) in [5, 5.41) is 2.69. The predicted molar refractivity (Wildman–Crippen MR) is 108 cm³/mol. The first-order valence-corrected chi connectivity index (χ1v) is 9.08. The van der Waals surface area contributed by atoms with Crippen LogP contribution in [0.1, 0.15) is 24.2 Å². The highest BCUT2D eigenvalue weighted by atomic mass is 16.5. The first-order chi connectivity index (χ1) is 13.4. The van der Waals surface area contributed by atoms with Crippen molar-refractivity contribution in [1.29, 1.82) is 0 Å². The maximum Gasteiger partial charge on any atom is 0.338 e. The summed E-state index contributed by atoms with van der Waals surface area (Å²) in [7, 11) is 3.76. The second kappa shape index (κ2) is 10.2. The van der Waals surface area contributed by atoms with E-state index in [1.165, 1.54) is 0 Å². The number of benzene rings is 2. The van der Waals surface area contributed by atoms with Crippen LogP contribution in [0.5, 0.6) is 11.5 Å². The Morgan fingerprint density at radius 1 is 0.964 bits per heavy atom. The summed E-state index contributed by atoms with van der Waals surface area (Å²) in [5.74, 6) is 0.151. The average molecular weight is 386 g/mol. The smallest absolute Gasteiger partial charge is 0.338 e.